The van der Waals surface area contributed by atoms with Gasteiger partial charge in [-0.25, -0.2) is 0 Å². The van der Waals surface area contributed by atoms with Gasteiger partial charge >= 0.3 is 0 Å². The molecular weight excluding hydrogens is 499 g/mol. The number of imidazole rings is 1. The van der Waals surface area contributed by atoms with Crippen LogP contribution in [-0.4, -0.2) is 45.3 Å². The first kappa shape index (κ1) is 18.5. The summed E-state index contributed by atoms with van der Waals surface area (Å²) in [6, 6.07) is 0. The second kappa shape index (κ2) is 9.42. The van der Waals surface area contributed by atoms with Crippen molar-refractivity contribution in [3.63, 3.8) is 0 Å². The normalized spacial score (nSPS) is 9.74. The Morgan fingerprint density at radius 1 is 1.37 bits per heavy atom. The average Bonchev–Trinajstić information content (AvgIpc) is 2.76. The summed E-state index contributed by atoms with van der Waals surface area (Å²) in [5.41, 5.74) is 6.38. The van der Waals surface area contributed by atoms with Crippen LogP contribution >= 0.6 is 8.38 Å². The fourth-order valence-corrected chi connectivity index (χ4v) is 1.27. The Morgan fingerprint density at radius 2 is 2.05 bits per heavy atom. The topological polar surface area (TPSA) is 138 Å². The Kier molecular flexibility index (Phi) is 9.18. The third-order valence-corrected chi connectivity index (χ3v) is 2.14. The van der Waals surface area contributed by atoms with Crippen molar-refractivity contribution in [3.05, 3.63) is 6.33 Å². The van der Waals surface area contributed by atoms with E-state index in [4.69, 9.17) is 20.3 Å². The molecule has 104 valence electrons. The zero-order chi connectivity index (χ0) is 13.5. The van der Waals surface area contributed by atoms with E-state index in [1.165, 1.54) is 20.5 Å². The van der Waals surface area contributed by atoms with Gasteiger partial charge in [-0.1, -0.05) is 0 Å². The molecule has 0 atom stereocenters. The number of nitrogen functional groups attached to an aromatic ring is 1. The third kappa shape index (κ3) is 5.99. The molecule has 0 bridgehead atoms. The number of aromatic nitrogens is 4. The molecule has 2 rings (SSSR count). The fourth-order valence-electron chi connectivity index (χ4n) is 1.04. The van der Waals surface area contributed by atoms with E-state index in [0.29, 0.717) is 17.0 Å². The quantitative estimate of drug-likeness (QED) is 0.463. The van der Waals surface area contributed by atoms with Crippen LogP contribution in [0.25, 0.3) is 11.2 Å². The van der Waals surface area contributed by atoms with E-state index >= 15 is 0 Å². The van der Waals surface area contributed by atoms with Crippen molar-refractivity contribution in [2.75, 3.05) is 26.3 Å². The van der Waals surface area contributed by atoms with E-state index in [-0.39, 0.29) is 43.4 Å². The maximum Gasteiger partial charge on any atom is 0.226 e. The minimum absolute atomic E-state index is 0. The molecule has 0 aliphatic carbocycles. The molecule has 0 radical (unpaired) electrons. The van der Waals surface area contributed by atoms with E-state index in [1.807, 2.05) is 0 Å². The van der Waals surface area contributed by atoms with E-state index in [1.54, 1.807) is 0 Å². The second-order valence-electron chi connectivity index (χ2n) is 2.93. The largest absolute Gasteiger partial charge is 0.480 e. The van der Waals surface area contributed by atoms with Crippen LogP contribution in [0.5, 0.6) is 5.88 Å². The molecule has 0 aliphatic rings. The van der Waals surface area contributed by atoms with Crippen LogP contribution < -0.4 is 15.5 Å². The molecule has 0 fully saturated rings. The minimum atomic E-state index is -1.82. The number of fused-ring (bicyclic) bond motifs is 1. The Balaban J connectivity index is 0.000000404. The molecule has 0 aromatic carbocycles. The van der Waals surface area contributed by atoms with Gasteiger partial charge in [-0.05, 0) is 6.33 Å². The van der Waals surface area contributed by atoms with E-state index in [0.717, 1.165) is 0 Å². The van der Waals surface area contributed by atoms with Crippen molar-refractivity contribution >= 4 is 25.5 Å². The van der Waals surface area contributed by atoms with Crippen LogP contribution in [0.3, 0.4) is 0 Å². The van der Waals surface area contributed by atoms with Gasteiger partial charge in [0.25, 0.3) is 0 Å². The summed E-state index contributed by atoms with van der Waals surface area (Å²) in [5, 5.41) is 0. The molecular formula is C8H13N5O4PU-. The zero-order valence-electron chi connectivity index (χ0n) is 10.3. The number of hydrogen-bond donors (Lipinski definition) is 3. The van der Waals surface area contributed by atoms with Gasteiger partial charge < -0.3 is 39.9 Å². The van der Waals surface area contributed by atoms with Crippen molar-refractivity contribution in [2.24, 2.45) is 0 Å². The maximum absolute atomic E-state index is 8.05. The van der Waals surface area contributed by atoms with Crippen molar-refractivity contribution in [1.82, 2.24) is 19.9 Å². The molecule has 2 aromatic heterocycles. The van der Waals surface area contributed by atoms with Gasteiger partial charge in [0, 0.05) is 43.9 Å². The van der Waals surface area contributed by atoms with Gasteiger partial charge in [-0.2, -0.15) is 4.98 Å². The number of nitrogens with two attached hydrogens (primary N) is 1. The van der Waals surface area contributed by atoms with E-state index in [2.05, 4.69) is 24.7 Å². The van der Waals surface area contributed by atoms with Crippen molar-refractivity contribution in [2.45, 2.75) is 0 Å². The Bertz CT molecular complexity index is 497. The monoisotopic (exact) mass is 512 g/mol. The predicted octanol–water partition coefficient (Wildman–Crippen LogP) is -0.540. The standard InChI is InChI=1S/C6H6N5O.C2H7O3P.U/c1-12-5-3-4(9-2-8-3)10-6(7)11-5;1-5-2-6(3)4;/h2H,1H3,(H2-,7,8,9,10,11);3-4H,2H2,1H3;/q-1;;. The predicted molar refractivity (Wildman–Crippen MR) is 64.9 cm³/mol. The number of methoxy groups -OCH3 is 2. The molecule has 2 aromatic rings. The molecule has 0 unspecified atom stereocenters. The molecule has 0 saturated heterocycles. The summed E-state index contributed by atoms with van der Waals surface area (Å²) in [6.07, 6.45) is 1.44. The van der Waals surface area contributed by atoms with Crippen LogP contribution in [0.1, 0.15) is 0 Å². The first-order chi connectivity index (χ1) is 8.58. The number of hydrogen-bond acceptors (Lipinski definition) is 8. The summed E-state index contributed by atoms with van der Waals surface area (Å²) < 4.78 is 9.27. The van der Waals surface area contributed by atoms with Crippen LogP contribution in [0, 0.1) is 31.1 Å². The van der Waals surface area contributed by atoms with Crippen LogP contribution in [0.15, 0.2) is 6.33 Å². The van der Waals surface area contributed by atoms with Crippen LogP contribution in [-0.2, 0) is 4.74 Å². The molecule has 0 amide bonds. The molecule has 4 N–H and O–H groups in total. The second-order valence-corrected chi connectivity index (χ2v) is 3.93. The van der Waals surface area contributed by atoms with Crippen molar-refractivity contribution < 1.29 is 50.4 Å². The summed E-state index contributed by atoms with van der Waals surface area (Å²) in [7, 11) is 1.09. The zero-order valence-corrected chi connectivity index (χ0v) is 15.4. The molecule has 9 nitrogen and oxygen atoms in total. The smallest absolute Gasteiger partial charge is 0.226 e. The Hall–Kier alpha value is -0.488. The Labute approximate surface area is 134 Å². The van der Waals surface area contributed by atoms with E-state index < -0.39 is 8.38 Å². The molecule has 19 heavy (non-hydrogen) atoms. The van der Waals surface area contributed by atoms with Crippen LogP contribution in [0.2, 0.25) is 0 Å². The SMILES string of the molecule is COCP(O)O.COc1nc(N)nc2[n-]cnc12.[U]. The van der Waals surface area contributed by atoms with Crippen molar-refractivity contribution in [1.29, 1.82) is 0 Å². The van der Waals surface area contributed by atoms with Crippen LogP contribution in [0.4, 0.5) is 5.95 Å². The first-order valence-electron chi connectivity index (χ1n) is 4.67. The third-order valence-electron chi connectivity index (χ3n) is 1.66. The summed E-state index contributed by atoms with van der Waals surface area (Å²) in [6.45, 7) is 0. The minimum Gasteiger partial charge on any atom is -0.480 e. The molecule has 0 spiro atoms. The van der Waals surface area contributed by atoms with Gasteiger partial charge in [-0.3, -0.25) is 0 Å². The van der Waals surface area contributed by atoms with E-state index in [9.17, 15) is 0 Å². The number of ether oxygens (including phenoxy) is 2. The maximum atomic E-state index is 8.05. The number of nitrogens with zero attached hydrogens (tertiary/aromatic N) is 4. The fraction of sp³-hybridized carbons (Fsp3) is 0.375. The number of rotatable bonds is 3. The van der Waals surface area contributed by atoms with Crippen molar-refractivity contribution in [3.8, 4) is 5.88 Å². The first-order valence-corrected chi connectivity index (χ1v) is 6.10. The summed E-state index contributed by atoms with van der Waals surface area (Å²) >= 11 is 0. The van der Waals surface area contributed by atoms with Gasteiger partial charge in [0.1, 0.15) is 6.35 Å². The Morgan fingerprint density at radius 3 is 2.53 bits per heavy atom. The summed E-state index contributed by atoms with van der Waals surface area (Å²) in [5.74, 6) is 0.495. The molecule has 0 saturated carbocycles. The van der Waals surface area contributed by atoms with Gasteiger partial charge in [-0.15, -0.1) is 0 Å². The average molecular weight is 512 g/mol. The molecule has 0 aliphatic heterocycles. The van der Waals surface area contributed by atoms with Gasteiger partial charge in [0.15, 0.2) is 14.3 Å². The molecule has 11 heteroatoms. The summed E-state index contributed by atoms with van der Waals surface area (Å²) in [4.78, 5) is 31.6. The van der Waals surface area contributed by atoms with Gasteiger partial charge in [0.05, 0.1) is 12.6 Å². The van der Waals surface area contributed by atoms with Gasteiger partial charge in [0.2, 0.25) is 5.88 Å². The number of anilines is 1. The molecule has 2 heterocycles.